The summed E-state index contributed by atoms with van der Waals surface area (Å²) in [5.74, 6) is 1.46. The van der Waals surface area contributed by atoms with Crippen LogP contribution in [-0.4, -0.2) is 36.4 Å². The van der Waals surface area contributed by atoms with Crippen LogP contribution in [0.5, 0.6) is 5.75 Å². The summed E-state index contributed by atoms with van der Waals surface area (Å²) in [5.41, 5.74) is 8.63. The van der Waals surface area contributed by atoms with Crippen LogP contribution in [0, 0.1) is 17.2 Å². The quantitative estimate of drug-likeness (QED) is 0.773. The fraction of sp³-hybridized carbons (Fsp3) is 0.440. The van der Waals surface area contributed by atoms with E-state index in [9.17, 15) is 5.26 Å². The summed E-state index contributed by atoms with van der Waals surface area (Å²) >= 11 is 0. The first-order valence-corrected chi connectivity index (χ1v) is 11.1. The van der Waals surface area contributed by atoms with Crippen molar-refractivity contribution in [3.05, 3.63) is 53.6 Å². The van der Waals surface area contributed by atoms with Crippen LogP contribution in [0.1, 0.15) is 44.2 Å². The SMILES string of the molecule is CC1CC(C2CC3(N=C(N)N(C)O3)c3cc(-c4cccc(C#N)c4)ccc3O2)CC(C)O1. The van der Waals surface area contributed by atoms with Gasteiger partial charge >= 0.3 is 0 Å². The van der Waals surface area contributed by atoms with Crippen molar-refractivity contribution in [2.24, 2.45) is 16.6 Å². The molecule has 3 aliphatic rings. The minimum atomic E-state index is -0.926. The molecular weight excluding hydrogens is 404 g/mol. The molecule has 0 aromatic heterocycles. The number of fused-ring (bicyclic) bond motifs is 2. The van der Waals surface area contributed by atoms with Crippen molar-refractivity contribution in [3.63, 3.8) is 0 Å². The normalized spacial score (nSPS) is 31.6. The van der Waals surface area contributed by atoms with Crippen LogP contribution < -0.4 is 10.5 Å². The number of hydroxylamine groups is 2. The predicted octanol–water partition coefficient (Wildman–Crippen LogP) is 3.92. The molecular formula is C25H28N4O3. The van der Waals surface area contributed by atoms with Crippen molar-refractivity contribution in [2.75, 3.05) is 7.05 Å². The van der Waals surface area contributed by atoms with Gasteiger partial charge in [0.1, 0.15) is 11.9 Å². The summed E-state index contributed by atoms with van der Waals surface area (Å²) in [7, 11) is 1.77. The molecule has 2 aromatic carbocycles. The van der Waals surface area contributed by atoms with Crippen LogP contribution >= 0.6 is 0 Å². The van der Waals surface area contributed by atoms with E-state index in [-0.39, 0.29) is 18.3 Å². The van der Waals surface area contributed by atoms with Gasteiger partial charge in [0.15, 0.2) is 0 Å². The van der Waals surface area contributed by atoms with Gasteiger partial charge in [-0.2, -0.15) is 5.26 Å². The number of nitriles is 1. The van der Waals surface area contributed by atoms with Gasteiger partial charge in [-0.25, -0.2) is 14.9 Å². The molecule has 1 saturated heterocycles. The topological polar surface area (TPSA) is 93.1 Å². The van der Waals surface area contributed by atoms with Crippen LogP contribution in [0.2, 0.25) is 0 Å². The van der Waals surface area contributed by atoms with Gasteiger partial charge in [-0.1, -0.05) is 18.2 Å². The highest BCUT2D eigenvalue weighted by Crippen LogP contribution is 2.49. The lowest BCUT2D eigenvalue weighted by Gasteiger charge is -2.43. The molecule has 2 N–H and O–H groups in total. The summed E-state index contributed by atoms with van der Waals surface area (Å²) in [6.45, 7) is 4.24. The Kier molecular flexibility index (Phi) is 5.07. The largest absolute Gasteiger partial charge is 0.489 e. The molecule has 32 heavy (non-hydrogen) atoms. The second-order valence-corrected chi connectivity index (χ2v) is 9.10. The lowest BCUT2D eigenvalue weighted by Crippen LogP contribution is -2.45. The summed E-state index contributed by atoms with van der Waals surface area (Å²) in [6.07, 6.45) is 2.80. The second-order valence-electron chi connectivity index (χ2n) is 9.10. The molecule has 0 aliphatic carbocycles. The number of hydrogen-bond donors (Lipinski definition) is 1. The first-order valence-electron chi connectivity index (χ1n) is 11.1. The van der Waals surface area contributed by atoms with Crippen LogP contribution in [0.25, 0.3) is 11.1 Å². The zero-order valence-corrected chi connectivity index (χ0v) is 18.6. The highest BCUT2D eigenvalue weighted by atomic mass is 16.7. The van der Waals surface area contributed by atoms with Gasteiger partial charge in [0, 0.05) is 19.4 Å². The van der Waals surface area contributed by atoms with Crippen molar-refractivity contribution in [3.8, 4) is 22.9 Å². The molecule has 1 fully saturated rings. The first kappa shape index (κ1) is 20.8. The Bertz CT molecular complexity index is 1100. The highest BCUT2D eigenvalue weighted by Gasteiger charge is 2.50. The fourth-order valence-corrected chi connectivity index (χ4v) is 5.24. The fourth-order valence-electron chi connectivity index (χ4n) is 5.24. The number of rotatable bonds is 2. The van der Waals surface area contributed by atoms with Gasteiger partial charge in [-0.05, 0) is 62.1 Å². The van der Waals surface area contributed by atoms with E-state index in [1.54, 1.807) is 13.1 Å². The third kappa shape index (κ3) is 3.60. The molecule has 2 aromatic rings. The lowest BCUT2D eigenvalue weighted by atomic mass is 9.80. The van der Waals surface area contributed by atoms with Crippen LogP contribution in [0.15, 0.2) is 47.5 Å². The summed E-state index contributed by atoms with van der Waals surface area (Å²) in [5, 5.41) is 10.8. The molecule has 1 spiro atoms. The Hall–Kier alpha value is -3.08. The van der Waals surface area contributed by atoms with Gasteiger partial charge in [-0.3, -0.25) is 0 Å². The molecule has 4 unspecified atom stereocenters. The molecule has 0 bridgehead atoms. The summed E-state index contributed by atoms with van der Waals surface area (Å²) < 4.78 is 12.5. The first-order chi connectivity index (χ1) is 15.4. The number of nitrogens with two attached hydrogens (primary N) is 1. The third-order valence-corrected chi connectivity index (χ3v) is 6.65. The van der Waals surface area contributed by atoms with Gasteiger partial charge in [0.25, 0.3) is 0 Å². The van der Waals surface area contributed by atoms with E-state index in [0.29, 0.717) is 23.9 Å². The van der Waals surface area contributed by atoms with E-state index in [4.69, 9.17) is 25.0 Å². The van der Waals surface area contributed by atoms with Crippen molar-refractivity contribution >= 4 is 5.96 Å². The lowest BCUT2D eigenvalue weighted by molar-refractivity contribution is -0.198. The maximum Gasteiger partial charge on any atom is 0.221 e. The molecule has 3 heterocycles. The van der Waals surface area contributed by atoms with Gasteiger partial charge in [-0.15, -0.1) is 0 Å². The molecule has 7 heteroatoms. The van der Waals surface area contributed by atoms with E-state index < -0.39 is 5.72 Å². The number of hydrogen-bond acceptors (Lipinski definition) is 7. The Balaban J connectivity index is 1.56. The molecule has 4 atom stereocenters. The number of aliphatic imine (C=N–C) groups is 1. The molecule has 0 amide bonds. The van der Waals surface area contributed by atoms with E-state index in [1.807, 2.05) is 36.4 Å². The summed E-state index contributed by atoms with van der Waals surface area (Å²) in [4.78, 5) is 11.1. The van der Waals surface area contributed by atoms with E-state index in [0.717, 1.165) is 35.3 Å². The molecule has 0 saturated carbocycles. The maximum atomic E-state index is 9.28. The monoisotopic (exact) mass is 432 g/mol. The van der Waals surface area contributed by atoms with Crippen molar-refractivity contribution in [2.45, 2.75) is 57.1 Å². The van der Waals surface area contributed by atoms with E-state index in [2.05, 4.69) is 19.9 Å². The second kappa shape index (κ2) is 7.80. The van der Waals surface area contributed by atoms with Gasteiger partial charge < -0.3 is 15.2 Å². The zero-order valence-electron chi connectivity index (χ0n) is 18.6. The maximum absolute atomic E-state index is 9.28. The Morgan fingerprint density at radius 1 is 1.12 bits per heavy atom. The standard InChI is InChI=1S/C25H28N4O3/c1-15-9-20(10-16(2)30-15)23-13-25(28-24(27)29(3)32-25)21-12-19(7-8-22(21)31-23)18-6-4-5-17(11-18)14-26/h4-8,11-12,15-16,20,23H,9-10,13H2,1-3H3,(H2,27,28). The Morgan fingerprint density at radius 3 is 2.56 bits per heavy atom. The molecule has 166 valence electrons. The minimum Gasteiger partial charge on any atom is -0.489 e. The Labute approximate surface area is 188 Å². The molecule has 5 rings (SSSR count). The minimum absolute atomic E-state index is 0.0490. The highest BCUT2D eigenvalue weighted by molar-refractivity contribution is 5.79. The van der Waals surface area contributed by atoms with Gasteiger partial charge in [0.2, 0.25) is 11.7 Å². The Morgan fingerprint density at radius 2 is 1.88 bits per heavy atom. The molecule has 3 aliphatic heterocycles. The number of benzene rings is 2. The van der Waals surface area contributed by atoms with Crippen LogP contribution in [0.4, 0.5) is 0 Å². The predicted molar refractivity (Wildman–Crippen MR) is 121 cm³/mol. The van der Waals surface area contributed by atoms with Crippen LogP contribution in [-0.2, 0) is 15.3 Å². The molecule has 0 radical (unpaired) electrons. The summed E-state index contributed by atoms with van der Waals surface area (Å²) in [6, 6.07) is 15.8. The smallest absolute Gasteiger partial charge is 0.221 e. The zero-order chi connectivity index (χ0) is 22.5. The number of guanidine groups is 1. The van der Waals surface area contributed by atoms with Crippen molar-refractivity contribution in [1.29, 1.82) is 5.26 Å². The number of ether oxygens (including phenoxy) is 2. The average Bonchev–Trinajstić information content (AvgIpc) is 3.06. The third-order valence-electron chi connectivity index (χ3n) is 6.65. The van der Waals surface area contributed by atoms with Crippen molar-refractivity contribution in [1.82, 2.24) is 5.06 Å². The molecule has 7 nitrogen and oxygen atoms in total. The average molecular weight is 433 g/mol. The van der Waals surface area contributed by atoms with E-state index in [1.165, 1.54) is 5.06 Å². The number of nitrogens with zero attached hydrogens (tertiary/aromatic N) is 3. The van der Waals surface area contributed by atoms with Gasteiger partial charge in [0.05, 0.1) is 29.4 Å². The van der Waals surface area contributed by atoms with E-state index >= 15 is 0 Å². The van der Waals surface area contributed by atoms with Crippen molar-refractivity contribution < 1.29 is 14.3 Å². The van der Waals surface area contributed by atoms with Crippen LogP contribution in [0.3, 0.4) is 0 Å².